The number of likely N-dealkylation sites (tertiary alicyclic amines) is 1. The van der Waals surface area contributed by atoms with Gasteiger partial charge in [-0.15, -0.1) is 0 Å². The second-order valence-electron chi connectivity index (χ2n) is 5.75. The molecule has 0 bridgehead atoms. The Morgan fingerprint density at radius 3 is 2.88 bits per heavy atom. The molecule has 2 fully saturated rings. The Balaban J connectivity index is 1.53. The van der Waals surface area contributed by atoms with E-state index in [0.29, 0.717) is 0 Å². The summed E-state index contributed by atoms with van der Waals surface area (Å²) in [5, 5.41) is 7.11. The molecule has 0 spiro atoms. The Labute approximate surface area is 106 Å². The van der Waals surface area contributed by atoms with Gasteiger partial charge in [0.15, 0.2) is 0 Å². The molecule has 0 radical (unpaired) electrons. The number of nitrogens with one attached hydrogen (secondary N) is 2. The minimum absolute atomic E-state index is 0.725. The summed E-state index contributed by atoms with van der Waals surface area (Å²) in [7, 11) is 4.47. The van der Waals surface area contributed by atoms with Crippen LogP contribution in [0.25, 0.3) is 0 Å². The third-order valence-corrected chi connectivity index (χ3v) is 4.22. The van der Waals surface area contributed by atoms with Gasteiger partial charge in [-0.2, -0.15) is 0 Å². The average Bonchev–Trinajstić information content (AvgIpc) is 2.73. The molecular formula is C13H28N4. The fourth-order valence-corrected chi connectivity index (χ4v) is 2.95. The van der Waals surface area contributed by atoms with E-state index in [1.165, 1.54) is 39.0 Å². The van der Waals surface area contributed by atoms with Gasteiger partial charge in [0.25, 0.3) is 0 Å². The van der Waals surface area contributed by atoms with Crippen molar-refractivity contribution in [1.29, 1.82) is 0 Å². The fraction of sp³-hybridized carbons (Fsp3) is 1.00. The molecule has 0 aliphatic carbocycles. The van der Waals surface area contributed by atoms with Crippen molar-refractivity contribution in [3.63, 3.8) is 0 Å². The van der Waals surface area contributed by atoms with Gasteiger partial charge in [0.2, 0.25) is 0 Å². The molecule has 0 aromatic heterocycles. The number of hydrogen-bond acceptors (Lipinski definition) is 4. The Morgan fingerprint density at radius 1 is 1.29 bits per heavy atom. The number of hydrogen-bond donors (Lipinski definition) is 2. The molecule has 2 saturated heterocycles. The maximum atomic E-state index is 3.63. The minimum Gasteiger partial charge on any atom is -0.316 e. The molecule has 0 saturated carbocycles. The van der Waals surface area contributed by atoms with E-state index < -0.39 is 0 Å². The molecule has 17 heavy (non-hydrogen) atoms. The summed E-state index contributed by atoms with van der Waals surface area (Å²) in [6, 6.07) is 0.725. The van der Waals surface area contributed by atoms with Gasteiger partial charge in [-0.1, -0.05) is 0 Å². The van der Waals surface area contributed by atoms with Crippen LogP contribution >= 0.6 is 0 Å². The van der Waals surface area contributed by atoms with Crippen LogP contribution < -0.4 is 10.6 Å². The molecule has 2 unspecified atom stereocenters. The molecule has 100 valence electrons. The first-order chi connectivity index (χ1) is 8.25. The molecule has 0 amide bonds. The van der Waals surface area contributed by atoms with Crippen LogP contribution in [0.2, 0.25) is 0 Å². The second-order valence-corrected chi connectivity index (χ2v) is 5.75. The van der Waals surface area contributed by atoms with Gasteiger partial charge in [0.1, 0.15) is 0 Å². The van der Waals surface area contributed by atoms with E-state index in [4.69, 9.17) is 0 Å². The van der Waals surface area contributed by atoms with Gasteiger partial charge in [0, 0.05) is 32.2 Å². The summed E-state index contributed by atoms with van der Waals surface area (Å²) in [4.78, 5) is 4.92. The Kier molecular flexibility index (Phi) is 5.22. The van der Waals surface area contributed by atoms with Gasteiger partial charge in [-0.05, 0) is 52.5 Å². The van der Waals surface area contributed by atoms with Crippen molar-refractivity contribution in [2.75, 3.05) is 59.9 Å². The second kappa shape index (κ2) is 6.69. The lowest BCUT2D eigenvalue weighted by Gasteiger charge is -2.33. The van der Waals surface area contributed by atoms with Crippen LogP contribution in [-0.2, 0) is 0 Å². The van der Waals surface area contributed by atoms with Crippen molar-refractivity contribution in [2.45, 2.75) is 18.9 Å². The Hall–Kier alpha value is -0.160. The van der Waals surface area contributed by atoms with E-state index >= 15 is 0 Å². The largest absolute Gasteiger partial charge is 0.316 e. The Bertz CT molecular complexity index is 221. The predicted molar refractivity (Wildman–Crippen MR) is 72.4 cm³/mol. The lowest BCUT2D eigenvalue weighted by atomic mass is 10.1. The van der Waals surface area contributed by atoms with E-state index in [-0.39, 0.29) is 0 Å². The van der Waals surface area contributed by atoms with Crippen LogP contribution in [0, 0.1) is 5.92 Å². The van der Waals surface area contributed by atoms with Crippen molar-refractivity contribution in [3.05, 3.63) is 0 Å². The van der Waals surface area contributed by atoms with Crippen LogP contribution in [0.15, 0.2) is 0 Å². The highest BCUT2D eigenvalue weighted by atomic mass is 15.2. The molecule has 4 nitrogen and oxygen atoms in total. The highest BCUT2D eigenvalue weighted by molar-refractivity contribution is 4.79. The topological polar surface area (TPSA) is 30.5 Å². The molecule has 2 aliphatic rings. The van der Waals surface area contributed by atoms with Crippen LogP contribution in [0.5, 0.6) is 0 Å². The van der Waals surface area contributed by atoms with Crippen LogP contribution in [0.3, 0.4) is 0 Å². The SMILES string of the molecule is CN1CCC(CNCCC2CNCCN2C)C1. The third-order valence-electron chi connectivity index (χ3n) is 4.22. The van der Waals surface area contributed by atoms with E-state index in [1.807, 2.05) is 0 Å². The van der Waals surface area contributed by atoms with Crippen molar-refractivity contribution >= 4 is 0 Å². The normalized spacial score (nSPS) is 32.1. The standard InChI is InChI=1S/C13H28N4/c1-16-7-4-12(11-16)9-14-5-3-13-10-15-6-8-17(13)2/h12-15H,3-11H2,1-2H3. The van der Waals surface area contributed by atoms with Gasteiger partial charge in [0.05, 0.1) is 0 Å². The fourth-order valence-electron chi connectivity index (χ4n) is 2.95. The van der Waals surface area contributed by atoms with Crippen LogP contribution in [0.1, 0.15) is 12.8 Å². The average molecular weight is 240 g/mol. The molecule has 2 N–H and O–H groups in total. The van der Waals surface area contributed by atoms with Crippen molar-refractivity contribution in [1.82, 2.24) is 20.4 Å². The zero-order valence-corrected chi connectivity index (χ0v) is 11.4. The monoisotopic (exact) mass is 240 g/mol. The molecule has 0 aromatic carbocycles. The third kappa shape index (κ3) is 4.21. The van der Waals surface area contributed by atoms with Gasteiger partial charge >= 0.3 is 0 Å². The van der Waals surface area contributed by atoms with E-state index in [0.717, 1.165) is 31.6 Å². The van der Waals surface area contributed by atoms with E-state index in [9.17, 15) is 0 Å². The summed E-state index contributed by atoms with van der Waals surface area (Å²) < 4.78 is 0. The molecule has 2 atom stereocenters. The summed E-state index contributed by atoms with van der Waals surface area (Å²) in [6.45, 7) is 8.42. The van der Waals surface area contributed by atoms with Crippen molar-refractivity contribution < 1.29 is 0 Å². The van der Waals surface area contributed by atoms with Crippen molar-refractivity contribution in [2.24, 2.45) is 5.92 Å². The van der Waals surface area contributed by atoms with Crippen LogP contribution in [-0.4, -0.2) is 75.8 Å². The smallest absolute Gasteiger partial charge is 0.0230 e. The molecule has 2 aliphatic heterocycles. The lowest BCUT2D eigenvalue weighted by molar-refractivity contribution is 0.189. The van der Waals surface area contributed by atoms with Gasteiger partial charge < -0.3 is 20.4 Å². The summed E-state index contributed by atoms with van der Waals surface area (Å²) in [5.74, 6) is 0.877. The highest BCUT2D eigenvalue weighted by Gasteiger charge is 2.20. The van der Waals surface area contributed by atoms with Crippen molar-refractivity contribution in [3.8, 4) is 0 Å². The van der Waals surface area contributed by atoms with Gasteiger partial charge in [-0.3, -0.25) is 0 Å². The molecule has 0 aromatic rings. The summed E-state index contributed by atoms with van der Waals surface area (Å²) in [6.07, 6.45) is 2.64. The summed E-state index contributed by atoms with van der Waals surface area (Å²) in [5.41, 5.74) is 0. The number of piperazine rings is 1. The first-order valence-electron chi connectivity index (χ1n) is 7.06. The number of nitrogens with zero attached hydrogens (tertiary/aromatic N) is 2. The molecule has 2 heterocycles. The predicted octanol–water partition coefficient (Wildman–Crippen LogP) is -0.179. The molecular weight excluding hydrogens is 212 g/mol. The van der Waals surface area contributed by atoms with Crippen LogP contribution in [0.4, 0.5) is 0 Å². The van der Waals surface area contributed by atoms with E-state index in [2.05, 4.69) is 34.5 Å². The molecule has 2 rings (SSSR count). The zero-order chi connectivity index (χ0) is 12.1. The summed E-state index contributed by atoms with van der Waals surface area (Å²) >= 11 is 0. The maximum absolute atomic E-state index is 3.63. The zero-order valence-electron chi connectivity index (χ0n) is 11.4. The Morgan fingerprint density at radius 2 is 2.18 bits per heavy atom. The first-order valence-corrected chi connectivity index (χ1v) is 7.06. The number of rotatable bonds is 5. The minimum atomic E-state index is 0.725. The number of likely N-dealkylation sites (N-methyl/N-ethyl adjacent to an activating group) is 1. The quantitative estimate of drug-likeness (QED) is 0.653. The molecule has 4 heteroatoms. The first kappa shape index (κ1) is 13.3. The van der Waals surface area contributed by atoms with E-state index in [1.54, 1.807) is 0 Å². The highest BCUT2D eigenvalue weighted by Crippen LogP contribution is 2.12. The van der Waals surface area contributed by atoms with Gasteiger partial charge in [-0.25, -0.2) is 0 Å². The maximum Gasteiger partial charge on any atom is 0.0230 e. The lowest BCUT2D eigenvalue weighted by Crippen LogP contribution is -2.50.